The highest BCUT2D eigenvalue weighted by molar-refractivity contribution is 5.74. The molecule has 2 aromatic carbocycles. The lowest BCUT2D eigenvalue weighted by molar-refractivity contribution is -0.117. The van der Waals surface area contributed by atoms with Crippen molar-refractivity contribution >= 4 is 28.7 Å². The van der Waals surface area contributed by atoms with Gasteiger partial charge in [-0.3, -0.25) is 10.2 Å². The maximum atomic E-state index is 10.9. The number of nitrogens with one attached hydrogen (secondary N) is 2. The number of carbonyl (C=O) groups is 1. The summed E-state index contributed by atoms with van der Waals surface area (Å²) in [5, 5.41) is 12.0. The topological polar surface area (TPSA) is 124 Å². The van der Waals surface area contributed by atoms with Crippen LogP contribution in [0.5, 0.6) is 0 Å². The second-order valence-corrected chi connectivity index (χ2v) is 5.53. The SMILES string of the molecule is CCN(CCC(N)=O)c1ccc(NNc2ccc(N=O)cc2C#N)cc1. The Labute approximate surface area is 151 Å². The molecule has 0 saturated heterocycles. The molecule has 0 aromatic heterocycles. The molecular formula is C18H20N6O2. The Balaban J connectivity index is 2.02. The number of hydrogen-bond acceptors (Lipinski definition) is 7. The highest BCUT2D eigenvalue weighted by atomic mass is 16.3. The third-order valence-electron chi connectivity index (χ3n) is 3.81. The number of hydrazine groups is 1. The molecule has 0 atom stereocenters. The van der Waals surface area contributed by atoms with E-state index in [0.717, 1.165) is 17.9 Å². The van der Waals surface area contributed by atoms with Crippen LogP contribution < -0.4 is 21.5 Å². The minimum atomic E-state index is -0.324. The molecule has 2 aromatic rings. The minimum Gasteiger partial charge on any atom is -0.371 e. The molecule has 8 nitrogen and oxygen atoms in total. The van der Waals surface area contributed by atoms with Gasteiger partial charge in [0.1, 0.15) is 11.8 Å². The van der Waals surface area contributed by atoms with Crippen molar-refractivity contribution in [2.45, 2.75) is 13.3 Å². The Kier molecular flexibility index (Phi) is 6.51. The number of carbonyl (C=O) groups excluding carboxylic acids is 1. The van der Waals surface area contributed by atoms with Crippen molar-refractivity contribution in [3.8, 4) is 6.07 Å². The Morgan fingerprint density at radius 3 is 2.54 bits per heavy atom. The van der Waals surface area contributed by atoms with Crippen LogP contribution in [0.2, 0.25) is 0 Å². The van der Waals surface area contributed by atoms with Crippen LogP contribution in [0.15, 0.2) is 47.6 Å². The van der Waals surface area contributed by atoms with E-state index in [1.165, 1.54) is 12.1 Å². The quantitative estimate of drug-likeness (QED) is 0.470. The largest absolute Gasteiger partial charge is 0.371 e. The molecule has 0 unspecified atom stereocenters. The highest BCUT2D eigenvalue weighted by Crippen LogP contribution is 2.23. The summed E-state index contributed by atoms with van der Waals surface area (Å²) < 4.78 is 0. The van der Waals surface area contributed by atoms with Crippen molar-refractivity contribution in [2.24, 2.45) is 10.9 Å². The van der Waals surface area contributed by atoms with Crippen LogP contribution >= 0.6 is 0 Å². The molecule has 4 N–H and O–H groups in total. The van der Waals surface area contributed by atoms with Crippen molar-refractivity contribution in [2.75, 3.05) is 28.8 Å². The highest BCUT2D eigenvalue weighted by Gasteiger charge is 2.07. The molecule has 0 bridgehead atoms. The summed E-state index contributed by atoms with van der Waals surface area (Å²) in [6.45, 7) is 3.34. The van der Waals surface area contributed by atoms with Crippen molar-refractivity contribution in [3.05, 3.63) is 52.9 Å². The third kappa shape index (κ3) is 4.95. The molecule has 0 saturated carbocycles. The first-order chi connectivity index (χ1) is 12.6. The molecule has 0 radical (unpaired) electrons. The number of rotatable bonds is 9. The Hall–Kier alpha value is -3.60. The van der Waals surface area contributed by atoms with Crippen LogP contribution in [0.3, 0.4) is 0 Å². The Morgan fingerprint density at radius 2 is 1.96 bits per heavy atom. The van der Waals surface area contributed by atoms with Crippen molar-refractivity contribution in [3.63, 3.8) is 0 Å². The summed E-state index contributed by atoms with van der Waals surface area (Å²) in [6.07, 6.45) is 0.304. The second-order valence-electron chi connectivity index (χ2n) is 5.53. The molecule has 0 spiro atoms. The van der Waals surface area contributed by atoms with E-state index in [4.69, 9.17) is 11.0 Å². The molecule has 0 heterocycles. The number of nitrogens with zero attached hydrogens (tertiary/aromatic N) is 3. The normalized spacial score (nSPS) is 9.85. The number of nitroso groups, excluding NO2 is 1. The van der Waals surface area contributed by atoms with Gasteiger partial charge in [0, 0.05) is 25.2 Å². The molecule has 8 heteroatoms. The summed E-state index contributed by atoms with van der Waals surface area (Å²) >= 11 is 0. The van der Waals surface area contributed by atoms with E-state index < -0.39 is 0 Å². The van der Waals surface area contributed by atoms with E-state index in [1.807, 2.05) is 37.3 Å². The van der Waals surface area contributed by atoms with Crippen LogP contribution in [0, 0.1) is 16.2 Å². The van der Waals surface area contributed by atoms with Gasteiger partial charge in [-0.25, -0.2) is 0 Å². The average Bonchev–Trinajstić information content (AvgIpc) is 2.67. The zero-order valence-electron chi connectivity index (χ0n) is 14.4. The third-order valence-corrected chi connectivity index (χ3v) is 3.81. The van der Waals surface area contributed by atoms with Gasteiger partial charge in [0.25, 0.3) is 0 Å². The van der Waals surface area contributed by atoms with Crippen LogP contribution in [-0.4, -0.2) is 19.0 Å². The number of primary amides is 1. The molecule has 0 aliphatic rings. The van der Waals surface area contributed by atoms with E-state index >= 15 is 0 Å². The fourth-order valence-electron chi connectivity index (χ4n) is 2.40. The second kappa shape index (κ2) is 9.03. The average molecular weight is 352 g/mol. The molecular weight excluding hydrogens is 332 g/mol. The van der Waals surface area contributed by atoms with Crippen LogP contribution in [0.25, 0.3) is 0 Å². The van der Waals surface area contributed by atoms with E-state index in [-0.39, 0.29) is 11.6 Å². The number of amides is 1. The number of nitrogens with two attached hydrogens (primary N) is 1. The van der Waals surface area contributed by atoms with Gasteiger partial charge in [0.2, 0.25) is 5.91 Å². The monoisotopic (exact) mass is 352 g/mol. The lowest BCUT2D eigenvalue weighted by atomic mass is 10.2. The summed E-state index contributed by atoms with van der Waals surface area (Å²) in [7, 11) is 0. The lowest BCUT2D eigenvalue weighted by Gasteiger charge is -2.22. The van der Waals surface area contributed by atoms with Crippen LogP contribution in [0.1, 0.15) is 18.9 Å². The fourth-order valence-corrected chi connectivity index (χ4v) is 2.40. The summed E-state index contributed by atoms with van der Waals surface area (Å²) in [5.41, 5.74) is 14.0. The zero-order valence-corrected chi connectivity index (χ0v) is 14.4. The van der Waals surface area contributed by atoms with E-state index in [1.54, 1.807) is 6.07 Å². The molecule has 0 aliphatic carbocycles. The first-order valence-corrected chi connectivity index (χ1v) is 8.10. The van der Waals surface area contributed by atoms with Gasteiger partial charge in [-0.15, -0.1) is 4.91 Å². The zero-order chi connectivity index (χ0) is 18.9. The molecule has 2 rings (SSSR count). The van der Waals surface area contributed by atoms with Gasteiger partial charge in [-0.05, 0) is 54.6 Å². The summed E-state index contributed by atoms with van der Waals surface area (Å²) in [6, 6.07) is 14.2. The van der Waals surface area contributed by atoms with Crippen LogP contribution in [-0.2, 0) is 4.79 Å². The summed E-state index contributed by atoms with van der Waals surface area (Å²) in [4.78, 5) is 23.5. The molecule has 1 amide bonds. The predicted octanol–water partition coefficient (Wildman–Crippen LogP) is 3.10. The van der Waals surface area contributed by atoms with Gasteiger partial charge in [0.05, 0.1) is 16.9 Å². The fraction of sp³-hybridized carbons (Fsp3) is 0.222. The molecule has 0 fully saturated rings. The number of anilines is 3. The van der Waals surface area contributed by atoms with Gasteiger partial charge < -0.3 is 16.1 Å². The van der Waals surface area contributed by atoms with Crippen molar-refractivity contribution in [1.82, 2.24) is 0 Å². The van der Waals surface area contributed by atoms with Crippen LogP contribution in [0.4, 0.5) is 22.7 Å². The summed E-state index contributed by atoms with van der Waals surface area (Å²) in [5.74, 6) is -0.324. The van der Waals surface area contributed by atoms with E-state index in [2.05, 4.69) is 20.9 Å². The number of benzene rings is 2. The first kappa shape index (κ1) is 18.7. The molecule has 0 aliphatic heterocycles. The standard InChI is InChI=1S/C18H20N6O2/c1-2-24(10-9-18(20)25)16-6-3-14(4-7-16)21-22-17-8-5-15(23-26)11-13(17)12-19/h3-8,11,21-22H,2,9-10H2,1H3,(H2,20,25). The van der Waals surface area contributed by atoms with Gasteiger partial charge in [-0.2, -0.15) is 5.26 Å². The van der Waals surface area contributed by atoms with Gasteiger partial charge >= 0.3 is 0 Å². The van der Waals surface area contributed by atoms with Gasteiger partial charge in [0.15, 0.2) is 0 Å². The molecule has 134 valence electrons. The maximum absolute atomic E-state index is 10.9. The maximum Gasteiger partial charge on any atom is 0.219 e. The minimum absolute atomic E-state index is 0.201. The Morgan fingerprint density at radius 1 is 1.23 bits per heavy atom. The smallest absolute Gasteiger partial charge is 0.219 e. The van der Waals surface area contributed by atoms with Crippen molar-refractivity contribution < 1.29 is 4.79 Å². The van der Waals surface area contributed by atoms with E-state index in [9.17, 15) is 9.70 Å². The number of nitriles is 1. The predicted molar refractivity (Wildman–Crippen MR) is 102 cm³/mol. The first-order valence-electron chi connectivity index (χ1n) is 8.10. The Bertz CT molecular complexity index is 813. The number of hydrogen-bond donors (Lipinski definition) is 3. The molecule has 26 heavy (non-hydrogen) atoms. The van der Waals surface area contributed by atoms with Gasteiger partial charge in [-0.1, -0.05) is 0 Å². The lowest BCUT2D eigenvalue weighted by Crippen LogP contribution is -2.27. The van der Waals surface area contributed by atoms with Crippen molar-refractivity contribution in [1.29, 1.82) is 5.26 Å². The van der Waals surface area contributed by atoms with E-state index in [0.29, 0.717) is 24.2 Å².